The monoisotopic (exact) mass is 312 g/mol. The fourth-order valence-corrected chi connectivity index (χ4v) is 3.15. The Morgan fingerprint density at radius 3 is 2.78 bits per heavy atom. The van der Waals surface area contributed by atoms with E-state index >= 15 is 0 Å². The largest absolute Gasteiger partial charge is 0.364 e. The van der Waals surface area contributed by atoms with Crippen molar-refractivity contribution in [3.05, 3.63) is 65.0 Å². The Morgan fingerprint density at radius 2 is 1.96 bits per heavy atom. The van der Waals surface area contributed by atoms with E-state index in [2.05, 4.69) is 41.4 Å². The molecule has 1 aliphatic heterocycles. The molecule has 0 unspecified atom stereocenters. The molecule has 122 valence electrons. The molecule has 1 aliphatic rings. The first-order valence-corrected chi connectivity index (χ1v) is 8.59. The van der Waals surface area contributed by atoms with Gasteiger partial charge in [0.2, 0.25) is 0 Å². The van der Waals surface area contributed by atoms with Crippen LogP contribution in [0, 0.1) is 5.82 Å². The van der Waals surface area contributed by atoms with Gasteiger partial charge in [-0.2, -0.15) is 0 Å². The standard InChI is InChI=1S/C20H25FN2/c1-2-3-11-22-14-16-8-9-19(21)20(13-16)23-12-10-17-6-4-5-7-18(17)15-23/h4-9,13,22H,2-3,10-12,14-15H2,1H3. The van der Waals surface area contributed by atoms with Gasteiger partial charge in [0.05, 0.1) is 5.69 Å². The van der Waals surface area contributed by atoms with E-state index in [1.165, 1.54) is 24.0 Å². The van der Waals surface area contributed by atoms with Crippen molar-refractivity contribution in [2.75, 3.05) is 18.0 Å². The van der Waals surface area contributed by atoms with Gasteiger partial charge < -0.3 is 10.2 Å². The number of benzene rings is 2. The van der Waals surface area contributed by atoms with Gasteiger partial charge in [0, 0.05) is 19.6 Å². The van der Waals surface area contributed by atoms with Gasteiger partial charge >= 0.3 is 0 Å². The zero-order valence-corrected chi connectivity index (χ0v) is 13.8. The summed E-state index contributed by atoms with van der Waals surface area (Å²) >= 11 is 0. The van der Waals surface area contributed by atoms with E-state index < -0.39 is 0 Å². The van der Waals surface area contributed by atoms with Gasteiger partial charge in [-0.05, 0) is 48.2 Å². The highest BCUT2D eigenvalue weighted by atomic mass is 19.1. The van der Waals surface area contributed by atoms with Crippen LogP contribution in [0.4, 0.5) is 10.1 Å². The maximum atomic E-state index is 14.3. The Balaban J connectivity index is 1.72. The maximum Gasteiger partial charge on any atom is 0.146 e. The molecule has 0 amide bonds. The van der Waals surface area contributed by atoms with E-state index in [1.54, 1.807) is 6.07 Å². The summed E-state index contributed by atoms with van der Waals surface area (Å²) in [7, 11) is 0. The summed E-state index contributed by atoms with van der Waals surface area (Å²) in [6.45, 7) is 5.67. The van der Waals surface area contributed by atoms with Crippen molar-refractivity contribution in [1.82, 2.24) is 5.32 Å². The Bertz CT molecular complexity index is 654. The molecular formula is C20H25FN2. The maximum absolute atomic E-state index is 14.3. The van der Waals surface area contributed by atoms with Crippen LogP contribution in [-0.2, 0) is 19.5 Å². The number of hydrogen-bond donors (Lipinski definition) is 1. The molecule has 2 nitrogen and oxygen atoms in total. The van der Waals surface area contributed by atoms with Crippen LogP contribution < -0.4 is 10.2 Å². The van der Waals surface area contributed by atoms with Gasteiger partial charge in [-0.15, -0.1) is 0 Å². The van der Waals surface area contributed by atoms with E-state index in [0.29, 0.717) is 0 Å². The van der Waals surface area contributed by atoms with Crippen LogP contribution in [0.25, 0.3) is 0 Å². The number of nitrogens with zero attached hydrogens (tertiary/aromatic N) is 1. The van der Waals surface area contributed by atoms with Crippen LogP contribution in [0.1, 0.15) is 36.5 Å². The summed E-state index contributed by atoms with van der Waals surface area (Å²) in [6, 6.07) is 14.0. The quantitative estimate of drug-likeness (QED) is 0.801. The zero-order chi connectivity index (χ0) is 16.1. The summed E-state index contributed by atoms with van der Waals surface area (Å²) in [5, 5.41) is 3.43. The van der Waals surface area contributed by atoms with Gasteiger partial charge in [0.1, 0.15) is 5.82 Å². The Labute approximate surface area is 138 Å². The van der Waals surface area contributed by atoms with Crippen LogP contribution in [-0.4, -0.2) is 13.1 Å². The van der Waals surface area contributed by atoms with Crippen molar-refractivity contribution in [3.63, 3.8) is 0 Å². The van der Waals surface area contributed by atoms with Gasteiger partial charge in [-0.3, -0.25) is 0 Å². The lowest BCUT2D eigenvalue weighted by Crippen LogP contribution is -2.31. The molecule has 0 saturated carbocycles. The molecular weight excluding hydrogens is 287 g/mol. The van der Waals surface area contributed by atoms with Crippen molar-refractivity contribution >= 4 is 5.69 Å². The van der Waals surface area contributed by atoms with Gasteiger partial charge in [0.25, 0.3) is 0 Å². The van der Waals surface area contributed by atoms with Crippen LogP contribution in [0.15, 0.2) is 42.5 Å². The number of hydrogen-bond acceptors (Lipinski definition) is 2. The molecule has 0 aliphatic carbocycles. The minimum absolute atomic E-state index is 0.123. The molecule has 23 heavy (non-hydrogen) atoms. The first-order chi connectivity index (χ1) is 11.3. The highest BCUT2D eigenvalue weighted by Crippen LogP contribution is 2.27. The highest BCUT2D eigenvalue weighted by Gasteiger charge is 2.18. The minimum atomic E-state index is -0.123. The van der Waals surface area contributed by atoms with Crippen molar-refractivity contribution in [1.29, 1.82) is 0 Å². The van der Waals surface area contributed by atoms with Gasteiger partial charge in [-0.1, -0.05) is 43.7 Å². The fraction of sp³-hybridized carbons (Fsp3) is 0.400. The Hall–Kier alpha value is -1.87. The zero-order valence-electron chi connectivity index (χ0n) is 13.8. The van der Waals surface area contributed by atoms with Crippen LogP contribution in [0.3, 0.4) is 0 Å². The molecule has 0 saturated heterocycles. The molecule has 1 heterocycles. The number of nitrogens with one attached hydrogen (secondary N) is 1. The van der Waals surface area contributed by atoms with Crippen LogP contribution >= 0.6 is 0 Å². The topological polar surface area (TPSA) is 15.3 Å². The molecule has 0 radical (unpaired) electrons. The molecule has 1 N–H and O–H groups in total. The van der Waals surface area contributed by atoms with Crippen LogP contribution in [0.2, 0.25) is 0 Å². The van der Waals surface area contributed by atoms with Crippen LogP contribution in [0.5, 0.6) is 0 Å². The number of anilines is 1. The summed E-state index contributed by atoms with van der Waals surface area (Å²) < 4.78 is 14.3. The second kappa shape index (κ2) is 7.60. The minimum Gasteiger partial charge on any atom is -0.364 e. The predicted octanol–water partition coefficient (Wildman–Crippen LogP) is 4.28. The fourth-order valence-electron chi connectivity index (χ4n) is 3.15. The number of halogens is 1. The molecule has 3 heteroatoms. The third-order valence-electron chi connectivity index (χ3n) is 4.52. The predicted molar refractivity (Wildman–Crippen MR) is 94.2 cm³/mol. The number of rotatable bonds is 6. The normalized spacial score (nSPS) is 13.9. The molecule has 0 atom stereocenters. The van der Waals surface area contributed by atoms with Gasteiger partial charge in [0.15, 0.2) is 0 Å². The SMILES string of the molecule is CCCCNCc1ccc(F)c(N2CCc3ccccc3C2)c1. The first-order valence-electron chi connectivity index (χ1n) is 8.59. The molecule has 2 aromatic rings. The van der Waals surface area contributed by atoms with E-state index in [-0.39, 0.29) is 5.82 Å². The summed E-state index contributed by atoms with van der Waals surface area (Å²) in [6.07, 6.45) is 3.35. The average Bonchev–Trinajstić information content (AvgIpc) is 2.59. The van der Waals surface area contributed by atoms with Gasteiger partial charge in [-0.25, -0.2) is 4.39 Å². The lowest BCUT2D eigenvalue weighted by atomic mass is 9.99. The summed E-state index contributed by atoms with van der Waals surface area (Å²) in [5.74, 6) is -0.123. The molecule has 0 spiro atoms. The third-order valence-corrected chi connectivity index (χ3v) is 4.52. The lowest BCUT2D eigenvalue weighted by molar-refractivity contribution is 0.606. The molecule has 0 aromatic heterocycles. The summed E-state index contributed by atoms with van der Waals surface area (Å²) in [4.78, 5) is 2.16. The van der Waals surface area contributed by atoms with E-state index in [1.807, 2.05) is 12.1 Å². The molecule has 3 rings (SSSR count). The molecule has 0 fully saturated rings. The lowest BCUT2D eigenvalue weighted by Gasteiger charge is -2.31. The second-order valence-electron chi connectivity index (χ2n) is 6.26. The number of fused-ring (bicyclic) bond motifs is 1. The van der Waals surface area contributed by atoms with E-state index in [0.717, 1.165) is 43.9 Å². The third kappa shape index (κ3) is 3.91. The van der Waals surface area contributed by atoms with Crippen molar-refractivity contribution in [2.24, 2.45) is 0 Å². The second-order valence-corrected chi connectivity index (χ2v) is 6.26. The molecule has 0 bridgehead atoms. The molecule has 2 aromatic carbocycles. The number of unbranched alkanes of at least 4 members (excludes halogenated alkanes) is 1. The average molecular weight is 312 g/mol. The highest BCUT2D eigenvalue weighted by molar-refractivity contribution is 5.52. The Kier molecular flexibility index (Phi) is 5.29. The Morgan fingerprint density at radius 1 is 1.13 bits per heavy atom. The summed E-state index contributed by atoms with van der Waals surface area (Å²) in [5.41, 5.74) is 4.58. The van der Waals surface area contributed by atoms with Crippen molar-refractivity contribution < 1.29 is 4.39 Å². The van der Waals surface area contributed by atoms with E-state index in [4.69, 9.17) is 0 Å². The smallest absolute Gasteiger partial charge is 0.146 e. The van der Waals surface area contributed by atoms with Crippen molar-refractivity contribution in [2.45, 2.75) is 39.3 Å². The van der Waals surface area contributed by atoms with Crippen molar-refractivity contribution in [3.8, 4) is 0 Å². The van der Waals surface area contributed by atoms with E-state index in [9.17, 15) is 4.39 Å². The first kappa shape index (κ1) is 16.0.